The molecule has 2 aliphatic rings. The Bertz CT molecular complexity index is 432. The van der Waals surface area contributed by atoms with Crippen molar-refractivity contribution in [1.82, 2.24) is 4.67 Å². The molecule has 21 heavy (non-hydrogen) atoms. The summed E-state index contributed by atoms with van der Waals surface area (Å²) in [6, 6.07) is 11.3. The third-order valence-electron chi connectivity index (χ3n) is 5.19. The highest BCUT2D eigenvalue weighted by Gasteiger charge is 2.32. The van der Waals surface area contributed by atoms with E-state index in [2.05, 4.69) is 16.8 Å². The third-order valence-corrected chi connectivity index (χ3v) is 7.22. The first-order chi connectivity index (χ1) is 10.4. The number of rotatable bonds is 4. The minimum Gasteiger partial charge on any atom is -0.305 e. The van der Waals surface area contributed by atoms with Crippen molar-refractivity contribution in [3.8, 4) is 0 Å². The van der Waals surface area contributed by atoms with Gasteiger partial charge in [0.05, 0.1) is 0 Å². The van der Waals surface area contributed by atoms with Crippen LogP contribution in [0.5, 0.6) is 0 Å². The summed E-state index contributed by atoms with van der Waals surface area (Å²) in [5.41, 5.74) is 0. The van der Waals surface area contributed by atoms with Crippen molar-refractivity contribution in [3.05, 3.63) is 30.3 Å². The second-order valence-corrected chi connectivity index (χ2v) is 8.37. The molecule has 2 saturated carbocycles. The highest BCUT2D eigenvalue weighted by atomic mass is 31.1. The molecular weight excluding hydrogens is 277 g/mol. The van der Waals surface area contributed by atoms with Crippen LogP contribution in [0.4, 0.5) is 0 Å². The molecule has 0 bridgehead atoms. The molecule has 3 rings (SSSR count). The first-order valence-corrected chi connectivity index (χ1v) is 10.1. The van der Waals surface area contributed by atoms with Crippen LogP contribution in [0.15, 0.2) is 30.3 Å². The van der Waals surface area contributed by atoms with Gasteiger partial charge in [-0.05, 0) is 25.7 Å². The molecule has 0 heterocycles. The Morgan fingerprint density at radius 2 is 1.24 bits per heavy atom. The van der Waals surface area contributed by atoms with Gasteiger partial charge in [0.1, 0.15) is 0 Å². The maximum absolute atomic E-state index is 13.3. The minimum absolute atomic E-state index is 0.563. The monoisotopic (exact) mass is 305 g/mol. The second-order valence-electron chi connectivity index (χ2n) is 6.66. The molecule has 0 N–H and O–H groups in total. The van der Waals surface area contributed by atoms with Gasteiger partial charge in [0, 0.05) is 17.4 Å². The highest BCUT2D eigenvalue weighted by Crippen LogP contribution is 2.40. The lowest BCUT2D eigenvalue weighted by molar-refractivity contribution is 0.174. The van der Waals surface area contributed by atoms with E-state index in [1.54, 1.807) is 0 Å². The highest BCUT2D eigenvalue weighted by molar-refractivity contribution is 7.51. The van der Waals surface area contributed by atoms with Crippen LogP contribution in [0, 0.1) is 0 Å². The van der Waals surface area contributed by atoms with Gasteiger partial charge >= 0.3 is 0 Å². The average molecular weight is 305 g/mol. The maximum atomic E-state index is 13.3. The van der Waals surface area contributed by atoms with Crippen molar-refractivity contribution in [2.75, 3.05) is 0 Å². The van der Waals surface area contributed by atoms with Crippen molar-refractivity contribution in [2.24, 2.45) is 0 Å². The first kappa shape index (κ1) is 15.3. The van der Waals surface area contributed by atoms with Crippen molar-refractivity contribution in [3.63, 3.8) is 0 Å². The molecule has 0 spiro atoms. The van der Waals surface area contributed by atoms with Crippen LogP contribution < -0.4 is 5.30 Å². The zero-order valence-corrected chi connectivity index (χ0v) is 14.0. The van der Waals surface area contributed by atoms with E-state index < -0.39 is 7.95 Å². The van der Waals surface area contributed by atoms with E-state index in [0.29, 0.717) is 12.1 Å². The molecule has 0 aromatic heterocycles. The molecule has 2 aliphatic carbocycles. The molecule has 1 aromatic carbocycles. The Balaban J connectivity index is 1.81. The zero-order valence-electron chi connectivity index (χ0n) is 13.0. The molecule has 0 saturated heterocycles. The summed E-state index contributed by atoms with van der Waals surface area (Å²) in [4.78, 5) is 0. The standard InChI is InChI=1S/C18H28NOP/c20-21(18-14-8-3-9-15-18)19(16-10-4-1-5-11-16)17-12-6-2-7-13-17/h3,8-9,14-17,21H,1-2,4-7,10-13H2. The number of benzene rings is 1. The quantitative estimate of drug-likeness (QED) is 0.748. The van der Waals surface area contributed by atoms with Crippen LogP contribution in [-0.4, -0.2) is 16.8 Å². The Hall–Kier alpha value is -0.590. The lowest BCUT2D eigenvalue weighted by Crippen LogP contribution is -2.41. The van der Waals surface area contributed by atoms with E-state index in [-0.39, 0.29) is 0 Å². The van der Waals surface area contributed by atoms with Crippen LogP contribution >= 0.6 is 7.95 Å². The van der Waals surface area contributed by atoms with Crippen LogP contribution in [-0.2, 0) is 4.57 Å². The molecule has 1 atom stereocenters. The average Bonchev–Trinajstić information content (AvgIpc) is 2.58. The fourth-order valence-electron chi connectivity index (χ4n) is 4.08. The van der Waals surface area contributed by atoms with Gasteiger partial charge in [-0.3, -0.25) is 0 Å². The zero-order chi connectivity index (χ0) is 14.5. The number of hydrogen-bond acceptors (Lipinski definition) is 1. The van der Waals surface area contributed by atoms with Crippen molar-refractivity contribution >= 4 is 13.3 Å². The van der Waals surface area contributed by atoms with Gasteiger partial charge < -0.3 is 4.57 Å². The van der Waals surface area contributed by atoms with Crippen LogP contribution in [0.2, 0.25) is 0 Å². The molecule has 0 radical (unpaired) electrons. The summed E-state index contributed by atoms with van der Waals surface area (Å²) in [7, 11) is -1.82. The predicted molar refractivity (Wildman–Crippen MR) is 90.7 cm³/mol. The largest absolute Gasteiger partial charge is 0.305 e. The topological polar surface area (TPSA) is 20.3 Å². The van der Waals surface area contributed by atoms with E-state index in [1.807, 2.05) is 18.2 Å². The lowest BCUT2D eigenvalue weighted by Gasteiger charge is -2.41. The van der Waals surface area contributed by atoms with Gasteiger partial charge in [0.25, 0.3) is 0 Å². The summed E-state index contributed by atoms with van der Waals surface area (Å²) >= 11 is 0. The van der Waals surface area contributed by atoms with E-state index in [1.165, 1.54) is 64.2 Å². The Kier molecular flexibility index (Phi) is 5.55. The number of nitrogens with zero attached hydrogens (tertiary/aromatic N) is 1. The predicted octanol–water partition coefficient (Wildman–Crippen LogP) is 4.75. The van der Waals surface area contributed by atoms with Gasteiger partial charge in [0.2, 0.25) is 0 Å². The van der Waals surface area contributed by atoms with Crippen LogP contribution in [0.1, 0.15) is 64.2 Å². The van der Waals surface area contributed by atoms with Gasteiger partial charge in [0.15, 0.2) is 7.95 Å². The molecule has 2 nitrogen and oxygen atoms in total. The van der Waals surface area contributed by atoms with Crippen LogP contribution in [0.25, 0.3) is 0 Å². The molecular formula is C18H28NOP. The Morgan fingerprint density at radius 1 is 0.762 bits per heavy atom. The van der Waals surface area contributed by atoms with Crippen molar-refractivity contribution in [2.45, 2.75) is 76.3 Å². The van der Waals surface area contributed by atoms with Crippen molar-refractivity contribution < 1.29 is 4.57 Å². The number of hydrogen-bond donors (Lipinski definition) is 0. The van der Waals surface area contributed by atoms with Gasteiger partial charge in [-0.25, -0.2) is 4.67 Å². The summed E-state index contributed by atoms with van der Waals surface area (Å²) in [6.07, 6.45) is 13.0. The van der Waals surface area contributed by atoms with E-state index >= 15 is 0 Å². The summed E-state index contributed by atoms with van der Waals surface area (Å²) in [5.74, 6) is 0. The van der Waals surface area contributed by atoms with E-state index in [4.69, 9.17) is 0 Å². The van der Waals surface area contributed by atoms with Crippen LogP contribution in [0.3, 0.4) is 0 Å². The van der Waals surface area contributed by atoms with E-state index in [9.17, 15) is 4.57 Å². The Labute approximate surface area is 129 Å². The first-order valence-electron chi connectivity index (χ1n) is 8.74. The molecule has 3 heteroatoms. The summed E-state index contributed by atoms with van der Waals surface area (Å²) in [5, 5.41) is 1.05. The SMILES string of the molecule is O=[PH](c1ccccc1)N(C1CCCCC1)C1CCCCC1. The third kappa shape index (κ3) is 3.79. The molecule has 1 unspecified atom stereocenters. The van der Waals surface area contributed by atoms with Gasteiger partial charge in [-0.1, -0.05) is 68.9 Å². The van der Waals surface area contributed by atoms with Gasteiger partial charge in [-0.15, -0.1) is 0 Å². The van der Waals surface area contributed by atoms with E-state index in [0.717, 1.165) is 5.30 Å². The van der Waals surface area contributed by atoms with Gasteiger partial charge in [-0.2, -0.15) is 0 Å². The summed E-state index contributed by atoms with van der Waals surface area (Å²) < 4.78 is 15.7. The molecule has 0 aliphatic heterocycles. The molecule has 2 fully saturated rings. The summed E-state index contributed by atoms with van der Waals surface area (Å²) in [6.45, 7) is 0. The van der Waals surface area contributed by atoms with Crippen molar-refractivity contribution in [1.29, 1.82) is 0 Å². The Morgan fingerprint density at radius 3 is 1.71 bits per heavy atom. The smallest absolute Gasteiger partial charge is 0.167 e. The maximum Gasteiger partial charge on any atom is 0.167 e. The minimum atomic E-state index is -1.82. The molecule has 1 aromatic rings. The lowest BCUT2D eigenvalue weighted by atomic mass is 9.91. The normalized spacial score (nSPS) is 23.3. The second kappa shape index (κ2) is 7.61. The fraction of sp³-hybridized carbons (Fsp3) is 0.667. The molecule has 0 amide bonds. The molecule has 116 valence electrons. The fourth-order valence-corrected chi connectivity index (χ4v) is 6.03.